The molecule has 2 rings (SSSR count). The Morgan fingerprint density at radius 1 is 1.11 bits per heavy atom. The third-order valence-corrected chi connectivity index (χ3v) is 3.56. The van der Waals surface area contributed by atoms with Crippen molar-refractivity contribution in [3.8, 4) is 11.5 Å². The summed E-state index contributed by atoms with van der Waals surface area (Å²) < 4.78 is 10.6. The molecule has 1 aliphatic rings. The van der Waals surface area contributed by atoms with Crippen molar-refractivity contribution in [3.05, 3.63) is 23.8 Å². The highest BCUT2D eigenvalue weighted by atomic mass is 16.5. The Morgan fingerprint density at radius 3 is 2.11 bits per heavy atom. The van der Waals surface area contributed by atoms with E-state index in [1.165, 1.54) is 18.4 Å². The third-order valence-electron chi connectivity index (χ3n) is 3.56. The Hall–Kier alpha value is -1.26. The van der Waals surface area contributed by atoms with Crippen molar-refractivity contribution in [2.24, 2.45) is 5.73 Å². The van der Waals surface area contributed by atoms with Gasteiger partial charge in [-0.15, -0.1) is 0 Å². The second-order valence-electron chi connectivity index (χ2n) is 4.64. The van der Waals surface area contributed by atoms with Crippen LogP contribution in [0.5, 0.6) is 11.5 Å². The number of hydrogen-bond donors (Lipinski definition) is 1. The second-order valence-corrected chi connectivity index (χ2v) is 4.64. The molecule has 0 aliphatic carbocycles. The van der Waals surface area contributed by atoms with E-state index in [0.29, 0.717) is 6.54 Å². The highest BCUT2D eigenvalue weighted by Gasteiger charge is 2.23. The van der Waals surface area contributed by atoms with Gasteiger partial charge in [0.25, 0.3) is 0 Å². The van der Waals surface area contributed by atoms with Gasteiger partial charge in [-0.1, -0.05) is 0 Å². The first kappa shape index (κ1) is 13.2. The number of ether oxygens (including phenoxy) is 2. The highest BCUT2D eigenvalue weighted by Crippen LogP contribution is 2.30. The minimum atomic E-state index is 0.261. The largest absolute Gasteiger partial charge is 0.497 e. The number of benzene rings is 1. The van der Waals surface area contributed by atoms with Crippen molar-refractivity contribution in [2.45, 2.75) is 18.9 Å². The van der Waals surface area contributed by atoms with Crippen LogP contribution in [0.1, 0.15) is 24.4 Å². The lowest BCUT2D eigenvalue weighted by Crippen LogP contribution is -2.31. The quantitative estimate of drug-likeness (QED) is 0.865. The van der Waals surface area contributed by atoms with Gasteiger partial charge in [0, 0.05) is 18.7 Å². The normalized spacial score (nSPS) is 17.7. The molecule has 0 radical (unpaired) electrons. The first-order valence-electron chi connectivity index (χ1n) is 6.45. The zero-order chi connectivity index (χ0) is 13.0. The standard InChI is InChI=1S/C14H22N2O2/c1-17-12-7-11(8-13(9-12)18-2)14(10-15)16-5-3-4-6-16/h7-9,14H,3-6,10,15H2,1-2H3. The van der Waals surface area contributed by atoms with Crippen molar-refractivity contribution in [2.75, 3.05) is 33.9 Å². The summed E-state index contributed by atoms with van der Waals surface area (Å²) in [4.78, 5) is 2.44. The molecule has 4 nitrogen and oxygen atoms in total. The first-order valence-corrected chi connectivity index (χ1v) is 6.45. The van der Waals surface area contributed by atoms with E-state index in [0.717, 1.165) is 24.6 Å². The second kappa shape index (κ2) is 6.07. The number of nitrogens with two attached hydrogens (primary N) is 1. The fourth-order valence-corrected chi connectivity index (χ4v) is 2.57. The maximum Gasteiger partial charge on any atom is 0.122 e. The van der Waals surface area contributed by atoms with Crippen LogP contribution in [0.4, 0.5) is 0 Å². The van der Waals surface area contributed by atoms with Gasteiger partial charge in [-0.25, -0.2) is 0 Å². The van der Waals surface area contributed by atoms with Crippen molar-refractivity contribution >= 4 is 0 Å². The van der Waals surface area contributed by atoms with Crippen LogP contribution in [0.2, 0.25) is 0 Å². The van der Waals surface area contributed by atoms with E-state index >= 15 is 0 Å². The van der Waals surface area contributed by atoms with Crippen LogP contribution in [0.15, 0.2) is 18.2 Å². The molecule has 1 aliphatic heterocycles. The van der Waals surface area contributed by atoms with Crippen LogP contribution >= 0.6 is 0 Å². The van der Waals surface area contributed by atoms with Crippen LogP contribution in [-0.4, -0.2) is 38.8 Å². The molecule has 1 atom stereocenters. The SMILES string of the molecule is COc1cc(OC)cc(C(CN)N2CCCC2)c1. The summed E-state index contributed by atoms with van der Waals surface area (Å²) in [6, 6.07) is 6.26. The first-order chi connectivity index (χ1) is 8.78. The summed E-state index contributed by atoms with van der Waals surface area (Å²) in [5.74, 6) is 1.64. The zero-order valence-corrected chi connectivity index (χ0v) is 11.2. The van der Waals surface area contributed by atoms with Crippen molar-refractivity contribution in [1.82, 2.24) is 4.90 Å². The van der Waals surface area contributed by atoms with Crippen LogP contribution in [-0.2, 0) is 0 Å². The molecule has 1 unspecified atom stereocenters. The van der Waals surface area contributed by atoms with Crippen LogP contribution in [0, 0.1) is 0 Å². The van der Waals surface area contributed by atoms with Crippen LogP contribution < -0.4 is 15.2 Å². The van der Waals surface area contributed by atoms with Gasteiger partial charge in [0.2, 0.25) is 0 Å². The van der Waals surface area contributed by atoms with Gasteiger partial charge in [0.1, 0.15) is 11.5 Å². The molecule has 1 heterocycles. The summed E-state index contributed by atoms with van der Waals surface area (Å²) in [5.41, 5.74) is 7.12. The Morgan fingerprint density at radius 2 is 1.67 bits per heavy atom. The maximum absolute atomic E-state index is 5.94. The van der Waals surface area contributed by atoms with Gasteiger partial charge in [-0.05, 0) is 43.6 Å². The predicted octanol–water partition coefficient (Wildman–Crippen LogP) is 1.80. The minimum absolute atomic E-state index is 0.261. The number of hydrogen-bond acceptors (Lipinski definition) is 4. The van der Waals surface area contributed by atoms with E-state index in [1.54, 1.807) is 14.2 Å². The molecule has 1 fully saturated rings. The van der Waals surface area contributed by atoms with Crippen LogP contribution in [0.25, 0.3) is 0 Å². The summed E-state index contributed by atoms with van der Waals surface area (Å²) in [6.07, 6.45) is 2.52. The van der Waals surface area contributed by atoms with E-state index in [-0.39, 0.29) is 6.04 Å². The van der Waals surface area contributed by atoms with Gasteiger partial charge < -0.3 is 15.2 Å². The molecular formula is C14H22N2O2. The lowest BCUT2D eigenvalue weighted by molar-refractivity contribution is 0.250. The Balaban J connectivity index is 2.28. The molecular weight excluding hydrogens is 228 g/mol. The van der Waals surface area contributed by atoms with E-state index in [1.807, 2.05) is 6.07 Å². The molecule has 2 N–H and O–H groups in total. The van der Waals surface area contributed by atoms with Crippen LogP contribution in [0.3, 0.4) is 0 Å². The lowest BCUT2D eigenvalue weighted by atomic mass is 10.0. The molecule has 100 valence electrons. The summed E-state index contributed by atoms with van der Waals surface area (Å²) in [7, 11) is 3.34. The predicted molar refractivity (Wildman–Crippen MR) is 72.1 cm³/mol. The molecule has 0 bridgehead atoms. The van der Waals surface area contributed by atoms with Gasteiger partial charge in [-0.3, -0.25) is 4.90 Å². The molecule has 18 heavy (non-hydrogen) atoms. The van der Waals surface area contributed by atoms with Gasteiger partial charge in [-0.2, -0.15) is 0 Å². The van der Waals surface area contributed by atoms with Gasteiger partial charge in [0.05, 0.1) is 14.2 Å². The third kappa shape index (κ3) is 2.76. The fraction of sp³-hybridized carbons (Fsp3) is 0.571. The van der Waals surface area contributed by atoms with Crippen molar-refractivity contribution in [3.63, 3.8) is 0 Å². The fourth-order valence-electron chi connectivity index (χ4n) is 2.57. The molecule has 1 aromatic carbocycles. The smallest absolute Gasteiger partial charge is 0.122 e. The number of nitrogens with zero attached hydrogens (tertiary/aromatic N) is 1. The van der Waals surface area contributed by atoms with Gasteiger partial charge in [0.15, 0.2) is 0 Å². The zero-order valence-electron chi connectivity index (χ0n) is 11.2. The molecule has 1 aromatic rings. The Labute approximate surface area is 109 Å². The van der Waals surface area contributed by atoms with E-state index in [4.69, 9.17) is 15.2 Å². The Kier molecular flexibility index (Phi) is 4.44. The molecule has 0 spiro atoms. The summed E-state index contributed by atoms with van der Waals surface area (Å²) in [5, 5.41) is 0. The number of likely N-dealkylation sites (tertiary alicyclic amines) is 1. The topological polar surface area (TPSA) is 47.7 Å². The summed E-state index contributed by atoms with van der Waals surface area (Å²) >= 11 is 0. The number of methoxy groups -OCH3 is 2. The van der Waals surface area contributed by atoms with Crippen molar-refractivity contribution < 1.29 is 9.47 Å². The molecule has 1 saturated heterocycles. The molecule has 4 heteroatoms. The molecule has 0 saturated carbocycles. The average Bonchev–Trinajstić information content (AvgIpc) is 2.93. The summed E-state index contributed by atoms with van der Waals surface area (Å²) in [6.45, 7) is 2.87. The van der Waals surface area contributed by atoms with E-state index in [9.17, 15) is 0 Å². The molecule has 0 amide bonds. The van der Waals surface area contributed by atoms with E-state index in [2.05, 4.69) is 17.0 Å². The Bertz CT molecular complexity index is 367. The lowest BCUT2D eigenvalue weighted by Gasteiger charge is -2.27. The van der Waals surface area contributed by atoms with Gasteiger partial charge >= 0.3 is 0 Å². The highest BCUT2D eigenvalue weighted by molar-refractivity contribution is 5.40. The monoisotopic (exact) mass is 250 g/mol. The maximum atomic E-state index is 5.94. The molecule has 0 aromatic heterocycles. The average molecular weight is 250 g/mol. The number of rotatable bonds is 5. The van der Waals surface area contributed by atoms with Crippen molar-refractivity contribution in [1.29, 1.82) is 0 Å². The van der Waals surface area contributed by atoms with E-state index < -0.39 is 0 Å². The minimum Gasteiger partial charge on any atom is -0.497 e.